The zero-order chi connectivity index (χ0) is 23.4. The van der Waals surface area contributed by atoms with Gasteiger partial charge in [0.1, 0.15) is 6.10 Å². The van der Waals surface area contributed by atoms with Gasteiger partial charge in [0.05, 0.1) is 28.2 Å². The predicted molar refractivity (Wildman–Crippen MR) is 123 cm³/mol. The number of carbonyl (C=O) groups excluding carboxylic acids is 2. The number of aliphatic hydroxyl groups is 1. The van der Waals surface area contributed by atoms with Crippen molar-refractivity contribution in [3.63, 3.8) is 0 Å². The Balaban J connectivity index is 1.40. The number of nitrogens with zero attached hydrogens (tertiary/aromatic N) is 2. The van der Waals surface area contributed by atoms with Crippen LogP contribution in [0.2, 0.25) is 0 Å². The van der Waals surface area contributed by atoms with Gasteiger partial charge in [-0.1, -0.05) is 25.1 Å². The van der Waals surface area contributed by atoms with Crippen molar-refractivity contribution in [3.05, 3.63) is 58.7 Å². The van der Waals surface area contributed by atoms with Crippen molar-refractivity contribution in [1.82, 2.24) is 9.80 Å². The monoisotopic (exact) mass is 460 g/mol. The molecule has 2 amide bonds. The van der Waals surface area contributed by atoms with Crippen molar-refractivity contribution in [1.29, 1.82) is 0 Å². The van der Waals surface area contributed by atoms with E-state index in [4.69, 9.17) is 4.74 Å². The first kappa shape index (κ1) is 20.5. The Morgan fingerprint density at radius 1 is 1.09 bits per heavy atom. The van der Waals surface area contributed by atoms with Gasteiger partial charge in [-0.2, -0.15) is 0 Å². The third-order valence-corrected chi connectivity index (χ3v) is 9.21. The average Bonchev–Trinajstić information content (AvgIpc) is 3.31. The van der Waals surface area contributed by atoms with Gasteiger partial charge in [0.2, 0.25) is 0 Å². The molecular weight excluding hydrogens is 432 g/mol. The Morgan fingerprint density at radius 2 is 1.82 bits per heavy atom. The van der Waals surface area contributed by atoms with E-state index in [9.17, 15) is 19.8 Å². The van der Waals surface area contributed by atoms with E-state index in [2.05, 4.69) is 11.8 Å². The second kappa shape index (κ2) is 6.61. The molecule has 34 heavy (non-hydrogen) atoms. The molecule has 2 aliphatic carbocycles. The standard InChI is InChI=1S/C27H28N2O5/c1-2-12-28-13-11-26-21-15-7-8-19(30)22(21)34-23(26)18(9-10-27(26,33)20(28)14-15)29-24(31)16-5-3-4-6-17(16)25(29)32/h3-8,18,20,23,30,33H,2,9-14H2,1H3/t18?,20-,23+,26+,27-/m1/s1. The fraction of sp³-hybridized carbons (Fsp3) is 0.481. The van der Waals surface area contributed by atoms with Crippen LogP contribution in [0.25, 0.3) is 0 Å². The van der Waals surface area contributed by atoms with Crippen molar-refractivity contribution in [2.45, 2.75) is 68.2 Å². The first-order valence-corrected chi connectivity index (χ1v) is 12.4. The minimum Gasteiger partial charge on any atom is -0.504 e. The molecule has 0 radical (unpaired) electrons. The number of carbonyl (C=O) groups is 2. The molecule has 7 nitrogen and oxygen atoms in total. The Bertz CT molecular complexity index is 1220. The molecule has 2 fully saturated rings. The second-order valence-electron chi connectivity index (χ2n) is 10.5. The Labute approximate surface area is 197 Å². The molecule has 3 aliphatic heterocycles. The van der Waals surface area contributed by atoms with Crippen molar-refractivity contribution >= 4 is 11.8 Å². The summed E-state index contributed by atoms with van der Waals surface area (Å²) in [6.45, 7) is 3.88. The number of rotatable bonds is 3. The summed E-state index contributed by atoms with van der Waals surface area (Å²) in [6, 6.07) is 9.99. The van der Waals surface area contributed by atoms with E-state index in [1.54, 1.807) is 30.3 Å². The van der Waals surface area contributed by atoms with E-state index in [-0.39, 0.29) is 23.6 Å². The number of fused-ring (bicyclic) bond motifs is 1. The zero-order valence-corrected chi connectivity index (χ0v) is 19.2. The maximum atomic E-state index is 13.4. The SMILES string of the molecule is CCCN1CC[C@]23c4c5ccc(O)c4O[C@H]2C(N2C(=O)c4ccccc4C2=O)CC[C@@]3(O)[C@H]1C5. The fourth-order valence-electron chi connectivity index (χ4n) is 7.93. The zero-order valence-electron chi connectivity index (χ0n) is 19.2. The molecule has 0 aromatic heterocycles. The Morgan fingerprint density at radius 3 is 2.53 bits per heavy atom. The van der Waals surface area contributed by atoms with Gasteiger partial charge in [0.25, 0.3) is 11.8 Å². The molecule has 2 N–H and O–H groups in total. The number of likely N-dealkylation sites (tertiary alicyclic amines) is 1. The Kier molecular flexibility index (Phi) is 3.98. The molecule has 5 atom stereocenters. The van der Waals surface area contributed by atoms with Gasteiger partial charge >= 0.3 is 0 Å². The third kappa shape index (κ3) is 2.16. The number of hydrogen-bond donors (Lipinski definition) is 2. The largest absolute Gasteiger partial charge is 0.504 e. The van der Waals surface area contributed by atoms with Gasteiger partial charge < -0.3 is 14.9 Å². The number of hydrogen-bond acceptors (Lipinski definition) is 6. The molecule has 1 saturated heterocycles. The minimum atomic E-state index is -1.05. The summed E-state index contributed by atoms with van der Waals surface area (Å²) in [7, 11) is 0. The summed E-state index contributed by atoms with van der Waals surface area (Å²) < 4.78 is 6.52. The number of phenolic OH excluding ortho intramolecular Hbond substituents is 1. The van der Waals surface area contributed by atoms with Crippen LogP contribution in [0.3, 0.4) is 0 Å². The second-order valence-corrected chi connectivity index (χ2v) is 10.5. The number of ether oxygens (including phenoxy) is 1. The average molecular weight is 461 g/mol. The van der Waals surface area contributed by atoms with Crippen LogP contribution in [0.5, 0.6) is 11.5 Å². The number of aromatic hydroxyl groups is 1. The first-order chi connectivity index (χ1) is 16.4. The van der Waals surface area contributed by atoms with Crippen molar-refractivity contribution in [2.75, 3.05) is 13.1 Å². The molecule has 5 aliphatic rings. The molecular formula is C27H28N2O5. The van der Waals surface area contributed by atoms with Crippen LogP contribution in [0, 0.1) is 0 Å². The predicted octanol–water partition coefficient (Wildman–Crippen LogP) is 2.62. The summed E-state index contributed by atoms with van der Waals surface area (Å²) in [4.78, 5) is 30.6. The third-order valence-electron chi connectivity index (χ3n) is 9.21. The maximum absolute atomic E-state index is 13.4. The van der Waals surface area contributed by atoms with Gasteiger partial charge in [-0.3, -0.25) is 19.4 Å². The Hall–Kier alpha value is -2.90. The van der Waals surface area contributed by atoms with Gasteiger partial charge in [-0.05, 0) is 69.0 Å². The lowest BCUT2D eigenvalue weighted by molar-refractivity contribution is -0.195. The molecule has 3 heterocycles. The molecule has 2 aromatic carbocycles. The fourth-order valence-corrected chi connectivity index (χ4v) is 7.93. The van der Waals surface area contributed by atoms with Crippen LogP contribution in [0.4, 0.5) is 0 Å². The van der Waals surface area contributed by atoms with Gasteiger partial charge in [0, 0.05) is 11.6 Å². The van der Waals surface area contributed by atoms with Crippen LogP contribution in [-0.2, 0) is 11.8 Å². The smallest absolute Gasteiger partial charge is 0.261 e. The first-order valence-electron chi connectivity index (χ1n) is 12.4. The summed E-state index contributed by atoms with van der Waals surface area (Å²) in [5, 5.41) is 23.2. The van der Waals surface area contributed by atoms with E-state index < -0.39 is 23.2 Å². The van der Waals surface area contributed by atoms with E-state index in [1.807, 2.05) is 6.07 Å². The van der Waals surface area contributed by atoms with Crippen LogP contribution in [0.1, 0.15) is 64.4 Å². The summed E-state index contributed by atoms with van der Waals surface area (Å²) in [5.41, 5.74) is 1.02. The maximum Gasteiger partial charge on any atom is 0.261 e. The highest BCUT2D eigenvalue weighted by Crippen LogP contribution is 2.66. The van der Waals surface area contributed by atoms with Crippen molar-refractivity contribution in [3.8, 4) is 11.5 Å². The van der Waals surface area contributed by atoms with Crippen LogP contribution in [-0.4, -0.2) is 68.7 Å². The summed E-state index contributed by atoms with van der Waals surface area (Å²) in [6.07, 6.45) is 2.72. The lowest BCUT2D eigenvalue weighted by Crippen LogP contribution is -2.78. The minimum absolute atomic E-state index is 0.0559. The molecule has 176 valence electrons. The van der Waals surface area contributed by atoms with E-state index in [1.165, 1.54) is 4.90 Å². The molecule has 1 spiro atoms. The highest BCUT2D eigenvalue weighted by atomic mass is 16.5. The number of benzene rings is 2. The molecule has 7 rings (SSSR count). The molecule has 1 saturated carbocycles. The van der Waals surface area contributed by atoms with E-state index >= 15 is 0 Å². The quantitative estimate of drug-likeness (QED) is 0.685. The molecule has 2 aromatic rings. The van der Waals surface area contributed by atoms with Crippen LogP contribution >= 0.6 is 0 Å². The van der Waals surface area contributed by atoms with Crippen LogP contribution in [0.15, 0.2) is 36.4 Å². The lowest BCUT2D eigenvalue weighted by Gasteiger charge is -2.64. The number of amides is 2. The highest BCUT2D eigenvalue weighted by Gasteiger charge is 2.74. The van der Waals surface area contributed by atoms with Gasteiger partial charge in [-0.15, -0.1) is 0 Å². The van der Waals surface area contributed by atoms with Gasteiger partial charge in [0.15, 0.2) is 11.5 Å². The lowest BCUT2D eigenvalue weighted by atomic mass is 9.48. The highest BCUT2D eigenvalue weighted by molar-refractivity contribution is 6.21. The summed E-state index contributed by atoms with van der Waals surface area (Å²) >= 11 is 0. The number of imide groups is 1. The summed E-state index contributed by atoms with van der Waals surface area (Å²) in [5.74, 6) is -0.119. The topological polar surface area (TPSA) is 90.3 Å². The normalized spacial score (nSPS) is 35.2. The number of phenols is 1. The van der Waals surface area contributed by atoms with Crippen LogP contribution < -0.4 is 4.74 Å². The molecule has 2 bridgehead atoms. The number of piperidine rings is 1. The van der Waals surface area contributed by atoms with Gasteiger partial charge in [-0.25, -0.2) is 0 Å². The van der Waals surface area contributed by atoms with E-state index in [0.29, 0.717) is 42.6 Å². The van der Waals surface area contributed by atoms with Crippen molar-refractivity contribution in [2.24, 2.45) is 0 Å². The van der Waals surface area contributed by atoms with E-state index in [0.717, 1.165) is 30.6 Å². The van der Waals surface area contributed by atoms with Crippen molar-refractivity contribution < 1.29 is 24.5 Å². The molecule has 7 heteroatoms. The molecule has 1 unspecified atom stereocenters.